The molecule has 3 N–H and O–H groups in total. The standard InChI is InChI=1S/C34H46N2O8/c1-19(2)15-29(38)35-22(5)34(41)44-26-13-8-7-9-14-27-31-28(42-6)18-30(39)36(31)25-17-24(37)16-23(33(25)43-27)12-10-11-20(3)32(40)21(26)4/h7-9,11,14,16-17,19,21-22,26-28,31-32,37,40H,10,12-13,15,18H2,1-6H3,(H,35,38)/t21-,22+,26-,27-,28+,31+,32-/m0/s1. The molecule has 3 aliphatic rings. The van der Waals surface area contributed by atoms with E-state index in [-0.39, 0.29) is 36.0 Å². The van der Waals surface area contributed by atoms with Gasteiger partial charge in [-0.05, 0) is 50.3 Å². The van der Waals surface area contributed by atoms with Crippen molar-refractivity contribution in [2.45, 2.75) is 103 Å². The number of benzene rings is 1. The van der Waals surface area contributed by atoms with Gasteiger partial charge in [-0.1, -0.05) is 45.1 Å². The van der Waals surface area contributed by atoms with Gasteiger partial charge in [-0.3, -0.25) is 14.5 Å². The predicted molar refractivity (Wildman–Crippen MR) is 166 cm³/mol. The van der Waals surface area contributed by atoms with Crippen LogP contribution in [0.1, 0.15) is 65.9 Å². The van der Waals surface area contributed by atoms with Crippen LogP contribution in [0.3, 0.4) is 0 Å². The van der Waals surface area contributed by atoms with Crippen molar-refractivity contribution in [2.24, 2.45) is 11.8 Å². The highest BCUT2D eigenvalue weighted by atomic mass is 16.5. The summed E-state index contributed by atoms with van der Waals surface area (Å²) in [5.74, 6) is -0.569. The second kappa shape index (κ2) is 14.4. The SMILES string of the molecule is CO[C@@H]1CC(=O)N2c3cc(O)cc4c3O[C@@H](C=CC=CC[C@H](OC(=O)[C@@H](C)NC(=O)CC(C)C)[C@H](C)[C@@H](O)C(C)=CCC4)[C@H]12. The average Bonchev–Trinajstić information content (AvgIpc) is 3.31. The van der Waals surface area contributed by atoms with E-state index in [2.05, 4.69) is 5.32 Å². The molecule has 10 nitrogen and oxygen atoms in total. The third-order valence-corrected chi connectivity index (χ3v) is 8.55. The molecule has 4 rings (SSSR count). The van der Waals surface area contributed by atoms with Gasteiger partial charge >= 0.3 is 5.97 Å². The molecule has 0 aromatic heterocycles. The number of nitrogens with one attached hydrogen (secondary N) is 1. The molecule has 0 saturated carbocycles. The number of allylic oxidation sites excluding steroid dienone is 3. The third kappa shape index (κ3) is 7.53. The lowest BCUT2D eigenvalue weighted by atomic mass is 9.90. The zero-order valence-corrected chi connectivity index (χ0v) is 26.5. The highest BCUT2D eigenvalue weighted by Gasteiger charge is 2.49. The highest BCUT2D eigenvalue weighted by Crippen LogP contribution is 2.46. The Morgan fingerprint density at radius 1 is 1.18 bits per heavy atom. The molecule has 1 fully saturated rings. The third-order valence-electron chi connectivity index (χ3n) is 8.55. The number of phenolic OH excluding ortho intramolecular Hbond substituents is 1. The van der Waals surface area contributed by atoms with Gasteiger partial charge in [0.05, 0.1) is 24.3 Å². The molecule has 44 heavy (non-hydrogen) atoms. The minimum atomic E-state index is -0.886. The summed E-state index contributed by atoms with van der Waals surface area (Å²) < 4.78 is 18.0. The van der Waals surface area contributed by atoms with Crippen LogP contribution in [0.25, 0.3) is 0 Å². The molecule has 0 unspecified atom stereocenters. The average molecular weight is 611 g/mol. The van der Waals surface area contributed by atoms with Crippen LogP contribution in [-0.4, -0.2) is 71.6 Å². The zero-order valence-electron chi connectivity index (χ0n) is 26.5. The first-order valence-corrected chi connectivity index (χ1v) is 15.5. The predicted octanol–water partition coefficient (Wildman–Crippen LogP) is 4.13. The number of esters is 1. The number of amides is 2. The summed E-state index contributed by atoms with van der Waals surface area (Å²) in [4.78, 5) is 40.1. The lowest BCUT2D eigenvalue weighted by molar-refractivity contribution is -0.156. The Labute approximate surface area is 259 Å². The highest BCUT2D eigenvalue weighted by molar-refractivity contribution is 5.99. The zero-order chi connectivity index (χ0) is 32.1. The van der Waals surface area contributed by atoms with Crippen molar-refractivity contribution < 1.29 is 38.8 Å². The second-order valence-electron chi connectivity index (χ2n) is 12.5. The molecule has 7 atom stereocenters. The van der Waals surface area contributed by atoms with Gasteiger partial charge in [0, 0.05) is 37.5 Å². The Bertz CT molecular complexity index is 1320. The molecule has 2 amide bonds. The smallest absolute Gasteiger partial charge is 0.328 e. The summed E-state index contributed by atoms with van der Waals surface area (Å²) in [5, 5.41) is 24.5. The number of methoxy groups -OCH3 is 1. The first kappa shape index (κ1) is 33.3. The number of aliphatic hydroxyl groups is 1. The van der Waals surface area contributed by atoms with Crippen LogP contribution in [0.15, 0.2) is 48.1 Å². The van der Waals surface area contributed by atoms with Gasteiger partial charge in [0.2, 0.25) is 11.8 Å². The molecular weight excluding hydrogens is 564 g/mol. The van der Waals surface area contributed by atoms with Crippen molar-refractivity contribution in [3.63, 3.8) is 0 Å². The van der Waals surface area contributed by atoms with Gasteiger partial charge in [-0.2, -0.15) is 0 Å². The summed E-state index contributed by atoms with van der Waals surface area (Å²) in [6.45, 7) is 9.13. The maximum absolute atomic E-state index is 13.1. The number of carbonyl (C=O) groups is 3. The number of carbonyl (C=O) groups excluding carboxylic acids is 3. The van der Waals surface area contributed by atoms with E-state index in [4.69, 9.17) is 14.2 Å². The lowest BCUT2D eigenvalue weighted by Gasteiger charge is -2.39. The van der Waals surface area contributed by atoms with Crippen LogP contribution in [-0.2, 0) is 30.3 Å². The minimum absolute atomic E-state index is 0.0368. The molecule has 3 heterocycles. The number of anilines is 1. The largest absolute Gasteiger partial charge is 0.508 e. The number of aromatic hydroxyl groups is 1. The van der Waals surface area contributed by atoms with E-state index in [0.717, 1.165) is 11.1 Å². The Morgan fingerprint density at radius 2 is 1.93 bits per heavy atom. The molecule has 2 bridgehead atoms. The van der Waals surface area contributed by atoms with Crippen LogP contribution in [0.4, 0.5) is 5.69 Å². The van der Waals surface area contributed by atoms with Crippen molar-refractivity contribution in [3.05, 3.63) is 53.6 Å². The van der Waals surface area contributed by atoms with E-state index in [1.807, 2.05) is 58.1 Å². The molecule has 10 heteroatoms. The van der Waals surface area contributed by atoms with Gasteiger partial charge in [0.15, 0.2) is 0 Å². The van der Waals surface area contributed by atoms with E-state index in [1.165, 1.54) is 0 Å². The van der Waals surface area contributed by atoms with Gasteiger partial charge in [0.1, 0.15) is 35.8 Å². The van der Waals surface area contributed by atoms with Crippen molar-refractivity contribution in [3.8, 4) is 11.5 Å². The van der Waals surface area contributed by atoms with Crippen LogP contribution in [0, 0.1) is 11.8 Å². The number of hydrogen-bond acceptors (Lipinski definition) is 8. The van der Waals surface area contributed by atoms with Gasteiger partial charge in [-0.25, -0.2) is 4.79 Å². The topological polar surface area (TPSA) is 135 Å². The van der Waals surface area contributed by atoms with Crippen molar-refractivity contribution >= 4 is 23.5 Å². The summed E-state index contributed by atoms with van der Waals surface area (Å²) in [6.07, 6.45) is 8.77. The molecule has 1 aromatic rings. The van der Waals surface area contributed by atoms with Gasteiger partial charge in [-0.15, -0.1) is 0 Å². The first-order chi connectivity index (χ1) is 20.9. The van der Waals surface area contributed by atoms with Crippen molar-refractivity contribution in [2.75, 3.05) is 12.0 Å². The van der Waals surface area contributed by atoms with E-state index >= 15 is 0 Å². The molecule has 1 aromatic carbocycles. The van der Waals surface area contributed by atoms with Crippen LogP contribution in [0.2, 0.25) is 0 Å². The van der Waals surface area contributed by atoms with Crippen LogP contribution >= 0.6 is 0 Å². The number of nitrogens with zero attached hydrogens (tertiary/aromatic N) is 1. The van der Waals surface area contributed by atoms with E-state index in [0.29, 0.717) is 37.1 Å². The van der Waals surface area contributed by atoms with Crippen LogP contribution < -0.4 is 15.0 Å². The summed E-state index contributed by atoms with van der Waals surface area (Å²) in [6, 6.07) is 1.97. The molecule has 0 spiro atoms. The number of ether oxygens (including phenoxy) is 3. The normalized spacial score (nSPS) is 27.8. The number of aryl methyl sites for hydroxylation is 1. The molecule has 240 valence electrons. The van der Waals surface area contributed by atoms with E-state index in [1.54, 1.807) is 31.1 Å². The van der Waals surface area contributed by atoms with E-state index < -0.39 is 42.3 Å². The Kier molecular flexibility index (Phi) is 10.9. The fourth-order valence-corrected chi connectivity index (χ4v) is 6.13. The Balaban J connectivity index is 1.63. The van der Waals surface area contributed by atoms with E-state index in [9.17, 15) is 24.6 Å². The maximum Gasteiger partial charge on any atom is 0.328 e. The van der Waals surface area contributed by atoms with Crippen LogP contribution in [0.5, 0.6) is 11.5 Å². The van der Waals surface area contributed by atoms with Gasteiger partial charge in [0.25, 0.3) is 0 Å². The fraction of sp³-hybridized carbons (Fsp3) is 0.559. The number of aliphatic hydroxyl groups excluding tert-OH is 1. The number of phenols is 1. The van der Waals surface area contributed by atoms with Crippen molar-refractivity contribution in [1.29, 1.82) is 0 Å². The lowest BCUT2D eigenvalue weighted by Crippen LogP contribution is -2.51. The quantitative estimate of drug-likeness (QED) is 0.323. The maximum atomic E-state index is 13.1. The molecule has 3 aliphatic heterocycles. The fourth-order valence-electron chi connectivity index (χ4n) is 6.13. The Morgan fingerprint density at radius 3 is 2.64 bits per heavy atom. The summed E-state index contributed by atoms with van der Waals surface area (Å²) in [7, 11) is 1.58. The monoisotopic (exact) mass is 610 g/mol. The summed E-state index contributed by atoms with van der Waals surface area (Å²) in [5.41, 5.74) is 2.00. The number of rotatable bonds is 6. The second-order valence-corrected chi connectivity index (χ2v) is 12.5. The van der Waals surface area contributed by atoms with Crippen molar-refractivity contribution in [1.82, 2.24) is 5.32 Å². The first-order valence-electron chi connectivity index (χ1n) is 15.5. The molecular formula is C34H46N2O8. The number of fused-ring (bicyclic) bond motifs is 4. The molecule has 0 radical (unpaired) electrons. The summed E-state index contributed by atoms with van der Waals surface area (Å²) >= 11 is 0. The minimum Gasteiger partial charge on any atom is -0.508 e. The number of hydrogen-bond donors (Lipinski definition) is 3. The van der Waals surface area contributed by atoms with Gasteiger partial charge < -0.3 is 29.7 Å². The molecule has 0 aliphatic carbocycles. The molecule has 1 saturated heterocycles. The Hall–Kier alpha value is -3.63.